The third-order valence-electron chi connectivity index (χ3n) is 6.69. The van der Waals surface area contributed by atoms with Crippen LogP contribution in [-0.2, 0) is 9.59 Å². The summed E-state index contributed by atoms with van der Waals surface area (Å²) >= 11 is 0. The molecule has 1 saturated heterocycles. The first kappa shape index (κ1) is 19.2. The van der Waals surface area contributed by atoms with Gasteiger partial charge in [0, 0.05) is 30.7 Å². The highest BCUT2D eigenvalue weighted by molar-refractivity contribution is 5.90. The van der Waals surface area contributed by atoms with Gasteiger partial charge in [-0.2, -0.15) is 0 Å². The molecule has 1 aromatic rings. The highest BCUT2D eigenvalue weighted by Gasteiger charge is 2.38. The predicted molar refractivity (Wildman–Crippen MR) is 109 cm³/mol. The Labute approximate surface area is 167 Å². The minimum absolute atomic E-state index is 0.0262. The number of likely N-dealkylation sites (tertiary alicyclic amines) is 1. The second kappa shape index (κ2) is 8.93. The Kier molecular flexibility index (Phi) is 6.13. The van der Waals surface area contributed by atoms with Crippen LogP contribution in [0.25, 0.3) is 0 Å². The standard InChI is InChI=1S/C22H32N4O2/c27-21(16-9-11-17(12-10-16)24-20-8-4-5-14-23-20)25-19-13-15-26(22(19)28)18-6-2-1-3-7-18/h4-5,8,14,16-19H,1-3,6-7,9-13,15H2,(H,23,24)(H,25,27). The van der Waals surface area contributed by atoms with Crippen molar-refractivity contribution in [1.29, 1.82) is 0 Å². The maximum atomic E-state index is 12.8. The zero-order chi connectivity index (χ0) is 19.3. The fourth-order valence-electron chi connectivity index (χ4n) is 5.04. The first-order valence-electron chi connectivity index (χ1n) is 11.0. The van der Waals surface area contributed by atoms with Gasteiger partial charge in [-0.1, -0.05) is 25.3 Å². The Hall–Kier alpha value is -2.11. The number of nitrogens with zero attached hydrogens (tertiary/aromatic N) is 2. The van der Waals surface area contributed by atoms with Crippen molar-refractivity contribution in [3.05, 3.63) is 24.4 Å². The number of rotatable bonds is 5. The van der Waals surface area contributed by atoms with E-state index in [-0.39, 0.29) is 23.8 Å². The van der Waals surface area contributed by atoms with E-state index in [9.17, 15) is 9.59 Å². The van der Waals surface area contributed by atoms with Gasteiger partial charge in [0.1, 0.15) is 11.9 Å². The SMILES string of the molecule is O=C(NC1CCN(C2CCCCC2)C1=O)C1CCC(Nc2ccccn2)CC1. The van der Waals surface area contributed by atoms with Crippen molar-refractivity contribution in [2.24, 2.45) is 5.92 Å². The molecule has 3 fully saturated rings. The molecule has 2 saturated carbocycles. The van der Waals surface area contributed by atoms with Gasteiger partial charge in [-0.05, 0) is 57.1 Å². The van der Waals surface area contributed by atoms with E-state index < -0.39 is 0 Å². The molecule has 1 unspecified atom stereocenters. The predicted octanol–water partition coefficient (Wildman–Crippen LogP) is 3.10. The van der Waals surface area contributed by atoms with Crippen LogP contribution >= 0.6 is 0 Å². The normalized spacial score (nSPS) is 28.9. The summed E-state index contributed by atoms with van der Waals surface area (Å²) in [5.41, 5.74) is 0. The van der Waals surface area contributed by atoms with Crippen molar-refractivity contribution in [2.75, 3.05) is 11.9 Å². The lowest BCUT2D eigenvalue weighted by atomic mass is 9.85. The van der Waals surface area contributed by atoms with Gasteiger partial charge < -0.3 is 15.5 Å². The van der Waals surface area contributed by atoms with Gasteiger partial charge in [-0.3, -0.25) is 9.59 Å². The molecule has 6 heteroatoms. The Balaban J connectivity index is 1.23. The van der Waals surface area contributed by atoms with Crippen LogP contribution in [0.1, 0.15) is 64.2 Å². The maximum absolute atomic E-state index is 12.8. The molecule has 1 atom stereocenters. The molecule has 2 heterocycles. The molecule has 2 amide bonds. The molecule has 1 aromatic heterocycles. The molecule has 4 rings (SSSR count). The Morgan fingerprint density at radius 3 is 2.50 bits per heavy atom. The minimum Gasteiger partial charge on any atom is -0.367 e. The van der Waals surface area contributed by atoms with E-state index in [0.29, 0.717) is 12.1 Å². The highest BCUT2D eigenvalue weighted by atomic mass is 16.2. The van der Waals surface area contributed by atoms with E-state index in [1.807, 2.05) is 23.1 Å². The van der Waals surface area contributed by atoms with Crippen LogP contribution in [0.5, 0.6) is 0 Å². The molecule has 6 nitrogen and oxygen atoms in total. The summed E-state index contributed by atoms with van der Waals surface area (Å²) in [6, 6.07) is 6.32. The molecule has 3 aliphatic rings. The molecule has 152 valence electrons. The molecule has 0 radical (unpaired) electrons. The van der Waals surface area contributed by atoms with E-state index >= 15 is 0 Å². The molecular weight excluding hydrogens is 352 g/mol. The lowest BCUT2D eigenvalue weighted by molar-refractivity contribution is -0.136. The smallest absolute Gasteiger partial charge is 0.245 e. The van der Waals surface area contributed by atoms with Gasteiger partial charge >= 0.3 is 0 Å². The minimum atomic E-state index is -0.307. The fraction of sp³-hybridized carbons (Fsp3) is 0.682. The molecule has 2 aliphatic carbocycles. The Morgan fingerprint density at radius 1 is 1.00 bits per heavy atom. The third-order valence-corrected chi connectivity index (χ3v) is 6.69. The largest absolute Gasteiger partial charge is 0.367 e. The molecule has 0 bridgehead atoms. The average molecular weight is 385 g/mol. The van der Waals surface area contributed by atoms with Crippen LogP contribution in [0.3, 0.4) is 0 Å². The van der Waals surface area contributed by atoms with Gasteiger partial charge in [0.25, 0.3) is 0 Å². The number of aromatic nitrogens is 1. The van der Waals surface area contributed by atoms with E-state index in [4.69, 9.17) is 0 Å². The van der Waals surface area contributed by atoms with Crippen LogP contribution < -0.4 is 10.6 Å². The lowest BCUT2D eigenvalue weighted by Gasteiger charge is -2.31. The third kappa shape index (κ3) is 4.47. The molecule has 2 N–H and O–H groups in total. The van der Waals surface area contributed by atoms with Crippen molar-refractivity contribution in [1.82, 2.24) is 15.2 Å². The summed E-state index contributed by atoms with van der Waals surface area (Å²) in [5.74, 6) is 1.14. The topological polar surface area (TPSA) is 74.3 Å². The molecule has 1 aliphatic heterocycles. The van der Waals surface area contributed by atoms with Crippen molar-refractivity contribution >= 4 is 17.6 Å². The summed E-state index contributed by atoms with van der Waals surface area (Å²) in [5, 5.41) is 6.53. The second-order valence-corrected chi connectivity index (χ2v) is 8.58. The van der Waals surface area contributed by atoms with Crippen LogP contribution in [0.4, 0.5) is 5.82 Å². The molecule has 0 spiro atoms. The quantitative estimate of drug-likeness (QED) is 0.818. The lowest BCUT2D eigenvalue weighted by Crippen LogP contribution is -2.47. The monoisotopic (exact) mass is 384 g/mol. The van der Waals surface area contributed by atoms with E-state index in [2.05, 4.69) is 15.6 Å². The highest BCUT2D eigenvalue weighted by Crippen LogP contribution is 2.29. The Bertz CT molecular complexity index is 666. The molecular formula is C22H32N4O2. The van der Waals surface area contributed by atoms with Crippen LogP contribution in [-0.4, -0.2) is 46.4 Å². The number of hydrogen-bond donors (Lipinski definition) is 2. The zero-order valence-electron chi connectivity index (χ0n) is 16.6. The number of hydrogen-bond acceptors (Lipinski definition) is 4. The summed E-state index contributed by atoms with van der Waals surface area (Å²) < 4.78 is 0. The van der Waals surface area contributed by atoms with Crippen LogP contribution in [0.2, 0.25) is 0 Å². The van der Waals surface area contributed by atoms with Crippen molar-refractivity contribution in [3.63, 3.8) is 0 Å². The van der Waals surface area contributed by atoms with E-state index in [1.165, 1.54) is 19.3 Å². The van der Waals surface area contributed by atoms with Gasteiger partial charge in [-0.25, -0.2) is 4.98 Å². The number of pyridine rings is 1. The summed E-state index contributed by atoms with van der Waals surface area (Å²) in [4.78, 5) is 31.9. The van der Waals surface area contributed by atoms with Gasteiger partial charge in [0.2, 0.25) is 11.8 Å². The first-order chi connectivity index (χ1) is 13.7. The average Bonchev–Trinajstić information content (AvgIpc) is 3.10. The molecule has 28 heavy (non-hydrogen) atoms. The summed E-state index contributed by atoms with van der Waals surface area (Å²) in [6.45, 7) is 0.801. The van der Waals surface area contributed by atoms with Gasteiger partial charge in [-0.15, -0.1) is 0 Å². The van der Waals surface area contributed by atoms with E-state index in [0.717, 1.165) is 57.3 Å². The maximum Gasteiger partial charge on any atom is 0.245 e. The fourth-order valence-corrected chi connectivity index (χ4v) is 5.04. The van der Waals surface area contributed by atoms with Crippen molar-refractivity contribution in [3.8, 4) is 0 Å². The molecule has 0 aromatic carbocycles. The van der Waals surface area contributed by atoms with Crippen molar-refractivity contribution < 1.29 is 9.59 Å². The number of anilines is 1. The van der Waals surface area contributed by atoms with Gasteiger partial charge in [0.15, 0.2) is 0 Å². The second-order valence-electron chi connectivity index (χ2n) is 8.58. The number of nitrogens with one attached hydrogen (secondary N) is 2. The van der Waals surface area contributed by atoms with E-state index in [1.54, 1.807) is 6.20 Å². The summed E-state index contributed by atoms with van der Waals surface area (Å²) in [7, 11) is 0. The number of carbonyl (C=O) groups is 2. The van der Waals surface area contributed by atoms with Gasteiger partial charge in [0.05, 0.1) is 0 Å². The number of amides is 2. The summed E-state index contributed by atoms with van der Waals surface area (Å²) in [6.07, 6.45) is 12.2. The zero-order valence-corrected chi connectivity index (χ0v) is 16.6. The van der Waals surface area contributed by atoms with Crippen molar-refractivity contribution in [2.45, 2.75) is 82.3 Å². The van der Waals surface area contributed by atoms with Crippen LogP contribution in [0.15, 0.2) is 24.4 Å². The number of carbonyl (C=O) groups excluding carboxylic acids is 2. The van der Waals surface area contributed by atoms with Crippen LogP contribution in [0, 0.1) is 5.92 Å². The first-order valence-corrected chi connectivity index (χ1v) is 11.0. The Morgan fingerprint density at radius 2 is 1.79 bits per heavy atom.